The summed E-state index contributed by atoms with van der Waals surface area (Å²) in [6.07, 6.45) is 2.92. The van der Waals surface area contributed by atoms with Crippen LogP contribution in [0.25, 0.3) is 0 Å². The lowest BCUT2D eigenvalue weighted by molar-refractivity contribution is 0.139. The smallest absolute Gasteiger partial charge is 0.00202 e. The van der Waals surface area contributed by atoms with Gasteiger partial charge in [0.2, 0.25) is 0 Å². The van der Waals surface area contributed by atoms with Gasteiger partial charge >= 0.3 is 0 Å². The van der Waals surface area contributed by atoms with Crippen LogP contribution in [0.15, 0.2) is 0 Å². The molecule has 0 atom stereocenters. The first-order chi connectivity index (χ1) is 6.09. The molecule has 0 unspecified atom stereocenters. The molecule has 1 aliphatic carbocycles. The zero-order valence-corrected chi connectivity index (χ0v) is 9.64. The maximum atomic E-state index is 3.55. The third kappa shape index (κ3) is 3.68. The van der Waals surface area contributed by atoms with Crippen molar-refractivity contribution in [2.24, 2.45) is 23.7 Å². The van der Waals surface area contributed by atoms with Crippen molar-refractivity contribution in [2.75, 3.05) is 13.1 Å². The Morgan fingerprint density at radius 3 is 2.23 bits per heavy atom. The number of nitrogens with one attached hydrogen (secondary N) is 1. The topological polar surface area (TPSA) is 12.0 Å². The van der Waals surface area contributed by atoms with Crippen molar-refractivity contribution in [1.82, 2.24) is 5.32 Å². The molecule has 78 valence electrons. The van der Waals surface area contributed by atoms with Gasteiger partial charge in [0.1, 0.15) is 0 Å². The maximum Gasteiger partial charge on any atom is -0.00202 e. The number of rotatable bonds is 5. The summed E-state index contributed by atoms with van der Waals surface area (Å²) in [6, 6.07) is 0. The molecule has 0 aromatic rings. The Bertz CT molecular complexity index is 134. The molecule has 0 aliphatic heterocycles. The summed E-state index contributed by atoms with van der Waals surface area (Å²) in [6.45, 7) is 11.7. The molecule has 0 radical (unpaired) electrons. The van der Waals surface area contributed by atoms with Gasteiger partial charge < -0.3 is 5.32 Å². The molecular formula is C12H25N. The monoisotopic (exact) mass is 183 g/mol. The third-order valence-electron chi connectivity index (χ3n) is 3.20. The van der Waals surface area contributed by atoms with E-state index >= 15 is 0 Å². The summed E-state index contributed by atoms with van der Waals surface area (Å²) in [5.74, 6) is 3.69. The SMILES string of the molecule is CC(C)CNCC1CC(C(C)C)C1. The Morgan fingerprint density at radius 1 is 1.15 bits per heavy atom. The molecule has 0 aromatic carbocycles. The molecule has 0 saturated heterocycles. The number of hydrogen-bond donors (Lipinski definition) is 1. The molecule has 1 rings (SSSR count). The predicted octanol–water partition coefficient (Wildman–Crippen LogP) is 2.91. The summed E-state index contributed by atoms with van der Waals surface area (Å²) in [4.78, 5) is 0. The summed E-state index contributed by atoms with van der Waals surface area (Å²) in [5, 5.41) is 3.55. The van der Waals surface area contributed by atoms with E-state index in [1.54, 1.807) is 0 Å². The van der Waals surface area contributed by atoms with Crippen LogP contribution in [0.4, 0.5) is 0 Å². The first-order valence-electron chi connectivity index (χ1n) is 5.80. The van der Waals surface area contributed by atoms with E-state index in [1.165, 1.54) is 25.9 Å². The van der Waals surface area contributed by atoms with Crippen molar-refractivity contribution in [3.05, 3.63) is 0 Å². The van der Waals surface area contributed by atoms with Gasteiger partial charge in [-0.3, -0.25) is 0 Å². The highest BCUT2D eigenvalue weighted by molar-refractivity contribution is 4.82. The molecule has 1 N–H and O–H groups in total. The van der Waals surface area contributed by atoms with Gasteiger partial charge in [0.15, 0.2) is 0 Å². The van der Waals surface area contributed by atoms with E-state index in [4.69, 9.17) is 0 Å². The van der Waals surface area contributed by atoms with Gasteiger partial charge in [0, 0.05) is 0 Å². The van der Waals surface area contributed by atoms with Crippen molar-refractivity contribution < 1.29 is 0 Å². The average molecular weight is 183 g/mol. The molecule has 1 nitrogen and oxygen atoms in total. The van der Waals surface area contributed by atoms with Crippen LogP contribution >= 0.6 is 0 Å². The summed E-state index contributed by atoms with van der Waals surface area (Å²) < 4.78 is 0. The van der Waals surface area contributed by atoms with E-state index in [-0.39, 0.29) is 0 Å². The normalized spacial score (nSPS) is 28.2. The second-order valence-corrected chi connectivity index (χ2v) is 5.39. The van der Waals surface area contributed by atoms with E-state index in [0.29, 0.717) is 0 Å². The van der Waals surface area contributed by atoms with Crippen molar-refractivity contribution in [3.63, 3.8) is 0 Å². The van der Waals surface area contributed by atoms with E-state index in [9.17, 15) is 0 Å². The van der Waals surface area contributed by atoms with Crippen molar-refractivity contribution in [3.8, 4) is 0 Å². The Hall–Kier alpha value is -0.0400. The fourth-order valence-electron chi connectivity index (χ4n) is 2.07. The van der Waals surface area contributed by atoms with Gasteiger partial charge in [0.25, 0.3) is 0 Å². The highest BCUT2D eigenvalue weighted by Gasteiger charge is 2.30. The molecule has 13 heavy (non-hydrogen) atoms. The van der Waals surface area contributed by atoms with Gasteiger partial charge in [0.05, 0.1) is 0 Å². The van der Waals surface area contributed by atoms with Crippen LogP contribution in [-0.4, -0.2) is 13.1 Å². The first kappa shape index (κ1) is 11.0. The zero-order valence-electron chi connectivity index (χ0n) is 9.64. The molecule has 1 heteroatoms. The van der Waals surface area contributed by atoms with E-state index in [1.807, 2.05) is 0 Å². The molecular weight excluding hydrogens is 158 g/mol. The maximum absolute atomic E-state index is 3.55. The number of hydrogen-bond acceptors (Lipinski definition) is 1. The lowest BCUT2D eigenvalue weighted by atomic mass is 9.69. The highest BCUT2D eigenvalue weighted by Crippen LogP contribution is 2.38. The Kier molecular flexibility index (Phi) is 4.24. The van der Waals surface area contributed by atoms with Crippen molar-refractivity contribution >= 4 is 0 Å². The molecule has 0 heterocycles. The van der Waals surface area contributed by atoms with Gasteiger partial charge in [-0.2, -0.15) is 0 Å². The van der Waals surface area contributed by atoms with Crippen molar-refractivity contribution in [1.29, 1.82) is 0 Å². The third-order valence-corrected chi connectivity index (χ3v) is 3.20. The molecule has 1 saturated carbocycles. The summed E-state index contributed by atoms with van der Waals surface area (Å²) >= 11 is 0. The highest BCUT2D eigenvalue weighted by atomic mass is 14.9. The largest absolute Gasteiger partial charge is 0.316 e. The molecule has 1 aliphatic rings. The van der Waals surface area contributed by atoms with Crippen LogP contribution in [0.5, 0.6) is 0 Å². The Labute approximate surface area is 83.3 Å². The standard InChI is InChI=1S/C12H25N/c1-9(2)7-13-8-11-5-12(6-11)10(3)4/h9-13H,5-8H2,1-4H3. The van der Waals surface area contributed by atoms with Gasteiger partial charge in [-0.05, 0) is 49.6 Å². The minimum atomic E-state index is 0.793. The molecule has 1 fully saturated rings. The van der Waals surface area contributed by atoms with Crippen LogP contribution in [0.1, 0.15) is 40.5 Å². The summed E-state index contributed by atoms with van der Waals surface area (Å²) in [7, 11) is 0. The van der Waals surface area contributed by atoms with E-state index < -0.39 is 0 Å². The van der Waals surface area contributed by atoms with Crippen LogP contribution in [-0.2, 0) is 0 Å². The van der Waals surface area contributed by atoms with Crippen LogP contribution in [0.2, 0.25) is 0 Å². The van der Waals surface area contributed by atoms with Crippen LogP contribution in [0.3, 0.4) is 0 Å². The second kappa shape index (κ2) is 4.99. The minimum absolute atomic E-state index is 0.793. The lowest BCUT2D eigenvalue weighted by Crippen LogP contribution is -2.36. The quantitative estimate of drug-likeness (QED) is 0.691. The second-order valence-electron chi connectivity index (χ2n) is 5.39. The van der Waals surface area contributed by atoms with Gasteiger partial charge in [-0.15, -0.1) is 0 Å². The van der Waals surface area contributed by atoms with Crippen molar-refractivity contribution in [2.45, 2.75) is 40.5 Å². The Morgan fingerprint density at radius 2 is 1.77 bits per heavy atom. The summed E-state index contributed by atoms with van der Waals surface area (Å²) in [5.41, 5.74) is 0. The minimum Gasteiger partial charge on any atom is -0.316 e. The molecule has 0 spiro atoms. The van der Waals surface area contributed by atoms with Gasteiger partial charge in [-0.1, -0.05) is 27.7 Å². The van der Waals surface area contributed by atoms with Crippen LogP contribution < -0.4 is 5.32 Å². The van der Waals surface area contributed by atoms with Crippen LogP contribution in [0, 0.1) is 23.7 Å². The first-order valence-corrected chi connectivity index (χ1v) is 5.80. The molecule has 0 amide bonds. The van der Waals surface area contributed by atoms with E-state index in [2.05, 4.69) is 33.0 Å². The lowest BCUT2D eigenvalue weighted by Gasteiger charge is -2.38. The van der Waals surface area contributed by atoms with E-state index in [0.717, 1.165) is 23.7 Å². The fourth-order valence-corrected chi connectivity index (χ4v) is 2.07. The average Bonchev–Trinajstić information content (AvgIpc) is 1.92. The van der Waals surface area contributed by atoms with Gasteiger partial charge in [-0.25, -0.2) is 0 Å². The zero-order chi connectivity index (χ0) is 9.84. The fraction of sp³-hybridized carbons (Fsp3) is 1.00. The Balaban J connectivity index is 1.96. The predicted molar refractivity (Wildman–Crippen MR) is 58.8 cm³/mol. The molecule has 0 aromatic heterocycles. The molecule has 0 bridgehead atoms.